The highest BCUT2D eigenvalue weighted by molar-refractivity contribution is 5.34. The third-order valence-electron chi connectivity index (χ3n) is 2.84. The Balaban J connectivity index is 2.46. The van der Waals surface area contributed by atoms with E-state index < -0.39 is 23.5 Å². The number of aryl methyl sites for hydroxylation is 1. The molecule has 0 bridgehead atoms. The van der Waals surface area contributed by atoms with Gasteiger partial charge in [-0.1, -0.05) is 13.0 Å². The van der Waals surface area contributed by atoms with E-state index in [0.29, 0.717) is 17.7 Å². The van der Waals surface area contributed by atoms with Crippen LogP contribution in [0.5, 0.6) is 0 Å². The van der Waals surface area contributed by atoms with Crippen molar-refractivity contribution in [2.45, 2.75) is 19.4 Å². The standard InChI is InChI=1S/C13H12F3NO/c1-2-10-7(5-6-18-10)13(17)8-3-4-9(14)12(16)11(8)15/h3-6,13H,2,17H2,1H3. The topological polar surface area (TPSA) is 39.2 Å². The van der Waals surface area contributed by atoms with E-state index in [-0.39, 0.29) is 5.56 Å². The predicted molar refractivity (Wildman–Crippen MR) is 60.4 cm³/mol. The second kappa shape index (κ2) is 4.86. The van der Waals surface area contributed by atoms with Gasteiger partial charge in [-0.3, -0.25) is 0 Å². The Hall–Kier alpha value is -1.75. The number of benzene rings is 1. The van der Waals surface area contributed by atoms with Gasteiger partial charge in [-0.25, -0.2) is 13.2 Å². The Morgan fingerprint density at radius 2 is 1.83 bits per heavy atom. The van der Waals surface area contributed by atoms with E-state index in [0.717, 1.165) is 12.1 Å². The van der Waals surface area contributed by atoms with Crippen LogP contribution in [0, 0.1) is 17.5 Å². The van der Waals surface area contributed by atoms with E-state index in [1.807, 2.05) is 6.92 Å². The van der Waals surface area contributed by atoms with Gasteiger partial charge < -0.3 is 10.2 Å². The highest BCUT2D eigenvalue weighted by Crippen LogP contribution is 2.27. The first kappa shape index (κ1) is 12.7. The Bertz CT molecular complexity index is 565. The van der Waals surface area contributed by atoms with Crippen LogP contribution in [-0.4, -0.2) is 0 Å². The minimum atomic E-state index is -1.51. The fourth-order valence-corrected chi connectivity index (χ4v) is 1.86. The van der Waals surface area contributed by atoms with Crippen LogP contribution >= 0.6 is 0 Å². The molecule has 1 heterocycles. The number of rotatable bonds is 3. The molecule has 0 radical (unpaired) electrons. The van der Waals surface area contributed by atoms with Crippen LogP contribution in [0.25, 0.3) is 0 Å². The Morgan fingerprint density at radius 3 is 2.50 bits per heavy atom. The summed E-state index contributed by atoms with van der Waals surface area (Å²) in [5.41, 5.74) is 6.35. The van der Waals surface area contributed by atoms with Crippen molar-refractivity contribution in [3.63, 3.8) is 0 Å². The van der Waals surface area contributed by atoms with Crippen molar-refractivity contribution in [2.24, 2.45) is 5.73 Å². The summed E-state index contributed by atoms with van der Waals surface area (Å²) in [4.78, 5) is 0. The number of hydrogen-bond donors (Lipinski definition) is 1. The molecule has 2 aromatic rings. The summed E-state index contributed by atoms with van der Waals surface area (Å²) in [5.74, 6) is -3.40. The average Bonchev–Trinajstić information content (AvgIpc) is 2.83. The quantitative estimate of drug-likeness (QED) is 0.854. The molecule has 2 nitrogen and oxygen atoms in total. The Labute approximate surface area is 102 Å². The van der Waals surface area contributed by atoms with E-state index in [2.05, 4.69) is 0 Å². The molecule has 0 saturated carbocycles. The SMILES string of the molecule is CCc1occc1C(N)c1ccc(F)c(F)c1F. The lowest BCUT2D eigenvalue weighted by molar-refractivity contribution is 0.438. The van der Waals surface area contributed by atoms with E-state index >= 15 is 0 Å². The van der Waals surface area contributed by atoms with Crippen LogP contribution in [0.3, 0.4) is 0 Å². The molecule has 1 unspecified atom stereocenters. The maximum absolute atomic E-state index is 13.6. The number of halogens is 3. The maximum Gasteiger partial charge on any atom is 0.194 e. The molecule has 0 aliphatic heterocycles. The third kappa shape index (κ3) is 2.01. The van der Waals surface area contributed by atoms with E-state index in [9.17, 15) is 13.2 Å². The predicted octanol–water partition coefficient (Wildman–Crippen LogP) is 3.31. The minimum absolute atomic E-state index is 0.0926. The van der Waals surface area contributed by atoms with Crippen molar-refractivity contribution in [2.75, 3.05) is 0 Å². The zero-order valence-electron chi connectivity index (χ0n) is 9.71. The fourth-order valence-electron chi connectivity index (χ4n) is 1.86. The summed E-state index contributed by atoms with van der Waals surface area (Å²) in [6.07, 6.45) is 2.02. The van der Waals surface area contributed by atoms with Gasteiger partial charge in [0.1, 0.15) is 5.76 Å². The number of furan rings is 1. The zero-order valence-corrected chi connectivity index (χ0v) is 9.71. The number of hydrogen-bond acceptors (Lipinski definition) is 2. The van der Waals surface area contributed by atoms with Crippen LogP contribution in [-0.2, 0) is 6.42 Å². The van der Waals surface area contributed by atoms with Crippen LogP contribution < -0.4 is 5.73 Å². The van der Waals surface area contributed by atoms with Crippen molar-refractivity contribution in [3.8, 4) is 0 Å². The first-order valence-electron chi connectivity index (χ1n) is 5.51. The van der Waals surface area contributed by atoms with Crippen molar-refractivity contribution in [1.82, 2.24) is 0 Å². The van der Waals surface area contributed by atoms with Gasteiger partial charge in [-0.05, 0) is 12.1 Å². The smallest absolute Gasteiger partial charge is 0.194 e. The van der Waals surface area contributed by atoms with Crippen LogP contribution in [0.4, 0.5) is 13.2 Å². The van der Waals surface area contributed by atoms with Crippen LogP contribution in [0.2, 0.25) is 0 Å². The molecule has 0 saturated heterocycles. The maximum atomic E-state index is 13.6. The molecule has 0 aliphatic rings. The van der Waals surface area contributed by atoms with Gasteiger partial charge in [0.15, 0.2) is 17.5 Å². The molecule has 0 aliphatic carbocycles. The molecule has 0 fully saturated rings. The molecular weight excluding hydrogens is 243 g/mol. The van der Waals surface area contributed by atoms with Gasteiger partial charge in [0.2, 0.25) is 0 Å². The Kier molecular flexibility index (Phi) is 3.43. The highest BCUT2D eigenvalue weighted by Gasteiger charge is 2.22. The van der Waals surface area contributed by atoms with Gasteiger partial charge in [-0.15, -0.1) is 0 Å². The number of nitrogens with two attached hydrogens (primary N) is 1. The van der Waals surface area contributed by atoms with Gasteiger partial charge in [-0.2, -0.15) is 0 Å². The van der Waals surface area contributed by atoms with E-state index in [1.54, 1.807) is 6.07 Å². The molecule has 1 aromatic carbocycles. The average molecular weight is 255 g/mol. The van der Waals surface area contributed by atoms with Crippen LogP contribution in [0.15, 0.2) is 28.9 Å². The lowest BCUT2D eigenvalue weighted by Crippen LogP contribution is -2.15. The molecule has 1 aromatic heterocycles. The fraction of sp³-hybridized carbons (Fsp3) is 0.231. The normalized spacial score (nSPS) is 12.7. The second-order valence-electron chi connectivity index (χ2n) is 3.89. The molecule has 96 valence electrons. The molecule has 1 atom stereocenters. The van der Waals surface area contributed by atoms with Gasteiger partial charge in [0.05, 0.1) is 12.3 Å². The molecule has 18 heavy (non-hydrogen) atoms. The summed E-state index contributed by atoms with van der Waals surface area (Å²) in [6.45, 7) is 1.86. The molecule has 2 rings (SSSR count). The molecule has 2 N–H and O–H groups in total. The van der Waals surface area contributed by atoms with Crippen LogP contribution in [0.1, 0.15) is 29.9 Å². The summed E-state index contributed by atoms with van der Waals surface area (Å²) >= 11 is 0. The van der Waals surface area contributed by atoms with Crippen molar-refractivity contribution in [1.29, 1.82) is 0 Å². The summed E-state index contributed by atoms with van der Waals surface area (Å²) in [5, 5.41) is 0. The highest BCUT2D eigenvalue weighted by atomic mass is 19.2. The molecule has 5 heteroatoms. The van der Waals surface area contributed by atoms with Gasteiger partial charge in [0, 0.05) is 17.5 Å². The van der Waals surface area contributed by atoms with Gasteiger partial charge >= 0.3 is 0 Å². The van der Waals surface area contributed by atoms with E-state index in [1.165, 1.54) is 6.26 Å². The zero-order chi connectivity index (χ0) is 13.3. The molecule has 0 spiro atoms. The summed E-state index contributed by atoms with van der Waals surface area (Å²) in [6, 6.07) is 2.72. The second-order valence-corrected chi connectivity index (χ2v) is 3.89. The summed E-state index contributed by atoms with van der Waals surface area (Å²) in [7, 11) is 0. The van der Waals surface area contributed by atoms with Crippen molar-refractivity contribution in [3.05, 3.63) is 58.8 Å². The molecule has 0 amide bonds. The largest absolute Gasteiger partial charge is 0.469 e. The van der Waals surface area contributed by atoms with Crippen molar-refractivity contribution >= 4 is 0 Å². The third-order valence-corrected chi connectivity index (χ3v) is 2.84. The van der Waals surface area contributed by atoms with Gasteiger partial charge in [0.25, 0.3) is 0 Å². The van der Waals surface area contributed by atoms with E-state index in [4.69, 9.17) is 10.2 Å². The van der Waals surface area contributed by atoms with Crippen molar-refractivity contribution < 1.29 is 17.6 Å². The minimum Gasteiger partial charge on any atom is -0.469 e. The lowest BCUT2D eigenvalue weighted by atomic mass is 9.98. The monoisotopic (exact) mass is 255 g/mol. The Morgan fingerprint density at radius 1 is 1.11 bits per heavy atom. The first-order valence-corrected chi connectivity index (χ1v) is 5.51. The first-order chi connectivity index (χ1) is 8.56. The lowest BCUT2D eigenvalue weighted by Gasteiger charge is -2.13. The summed E-state index contributed by atoms with van der Waals surface area (Å²) < 4.78 is 44.8. The molecular formula is C13H12F3NO.